The lowest BCUT2D eigenvalue weighted by atomic mass is 10.4. The van der Waals surface area contributed by atoms with Crippen molar-refractivity contribution in [2.45, 2.75) is 5.03 Å². The molecule has 10 nitrogen and oxygen atoms in total. The quantitative estimate of drug-likeness (QED) is 0.479. The molecule has 1 rings (SSSR count). The number of nitrogens with zero attached hydrogens (tertiary/aromatic N) is 2. The predicted octanol–water partition coefficient (Wildman–Crippen LogP) is -1.34. The molecule has 0 saturated carbocycles. The van der Waals surface area contributed by atoms with E-state index in [1.54, 1.807) is 14.1 Å². The minimum atomic E-state index is -4.02. The van der Waals surface area contributed by atoms with Gasteiger partial charge in [0.2, 0.25) is 0 Å². The van der Waals surface area contributed by atoms with Gasteiger partial charge >= 0.3 is 12.0 Å². The zero-order valence-electron chi connectivity index (χ0n) is 10.9. The average Bonchev–Trinajstić information content (AvgIpc) is 2.84. The topological polar surface area (TPSA) is 144 Å². The fourth-order valence-electron chi connectivity index (χ4n) is 1.22. The second-order valence-electron chi connectivity index (χ2n) is 3.94. The minimum absolute atomic E-state index is 0.0623. The summed E-state index contributed by atoms with van der Waals surface area (Å²) in [5, 5.41) is 16.2. The number of hydrogen-bond acceptors (Lipinski definition) is 5. The molecule has 2 amide bonds. The number of carboxylic acid groups (broad SMARTS) is 1. The standard InChI is InChI=1S/C9H15N5O5S/c1-14(2)9(17)10-3-4-12-20(18,19)7-6(8(15)16)5-11-13-7/h5,12H,3-4H2,1-2H3,(H,10,17)(H,11,13)(H,15,16). The van der Waals surface area contributed by atoms with Crippen LogP contribution in [-0.4, -0.2) is 67.8 Å². The summed E-state index contributed by atoms with van der Waals surface area (Å²) in [5.74, 6) is -1.40. The van der Waals surface area contributed by atoms with Gasteiger partial charge < -0.3 is 15.3 Å². The third kappa shape index (κ3) is 3.93. The number of urea groups is 1. The van der Waals surface area contributed by atoms with E-state index in [1.807, 2.05) is 0 Å². The average molecular weight is 305 g/mol. The van der Waals surface area contributed by atoms with Crippen LogP contribution in [-0.2, 0) is 10.0 Å². The molecule has 0 aliphatic rings. The van der Waals surface area contributed by atoms with E-state index in [4.69, 9.17) is 5.11 Å². The van der Waals surface area contributed by atoms with E-state index in [9.17, 15) is 18.0 Å². The van der Waals surface area contributed by atoms with E-state index in [1.165, 1.54) is 4.90 Å². The van der Waals surface area contributed by atoms with Gasteiger partial charge in [0.05, 0.1) is 6.20 Å². The summed E-state index contributed by atoms with van der Waals surface area (Å²) in [6.45, 7) is -0.0211. The number of aromatic amines is 1. The van der Waals surface area contributed by atoms with Crippen LogP contribution in [0.15, 0.2) is 11.2 Å². The molecule has 4 N–H and O–H groups in total. The zero-order valence-corrected chi connectivity index (χ0v) is 11.7. The van der Waals surface area contributed by atoms with Crippen molar-refractivity contribution in [3.8, 4) is 0 Å². The summed E-state index contributed by atoms with van der Waals surface area (Å²) >= 11 is 0. The number of nitrogens with one attached hydrogen (secondary N) is 3. The molecule has 112 valence electrons. The highest BCUT2D eigenvalue weighted by molar-refractivity contribution is 7.89. The van der Waals surface area contributed by atoms with E-state index in [-0.39, 0.29) is 19.1 Å². The molecule has 0 radical (unpaired) electrons. The van der Waals surface area contributed by atoms with Gasteiger partial charge in [-0.15, -0.1) is 0 Å². The van der Waals surface area contributed by atoms with Gasteiger partial charge in [0.1, 0.15) is 5.56 Å². The third-order valence-electron chi connectivity index (χ3n) is 2.20. The van der Waals surface area contributed by atoms with Crippen molar-refractivity contribution in [3.05, 3.63) is 11.8 Å². The van der Waals surface area contributed by atoms with Crippen LogP contribution in [0.1, 0.15) is 10.4 Å². The molecule has 0 atom stereocenters. The summed E-state index contributed by atoms with van der Waals surface area (Å²) < 4.78 is 25.8. The second kappa shape index (κ2) is 6.34. The molecule has 0 aliphatic carbocycles. The molecular weight excluding hydrogens is 290 g/mol. The molecule has 11 heteroatoms. The lowest BCUT2D eigenvalue weighted by molar-refractivity contribution is 0.0692. The number of aromatic carboxylic acids is 1. The van der Waals surface area contributed by atoms with Crippen molar-refractivity contribution in [2.24, 2.45) is 0 Å². The lowest BCUT2D eigenvalue weighted by Gasteiger charge is -2.12. The SMILES string of the molecule is CN(C)C(=O)NCCNS(=O)(=O)c1[nH]ncc1C(=O)O. The number of amides is 2. The third-order valence-corrected chi connectivity index (χ3v) is 3.64. The maximum absolute atomic E-state index is 11.8. The van der Waals surface area contributed by atoms with Gasteiger partial charge in [-0.05, 0) is 0 Å². The second-order valence-corrected chi connectivity index (χ2v) is 5.65. The fourth-order valence-corrected chi connectivity index (χ4v) is 2.33. The van der Waals surface area contributed by atoms with E-state index in [2.05, 4.69) is 20.2 Å². The molecule has 0 spiro atoms. The summed E-state index contributed by atoms with van der Waals surface area (Å²) in [6.07, 6.45) is 0.907. The number of rotatable bonds is 6. The van der Waals surface area contributed by atoms with Crippen LogP contribution >= 0.6 is 0 Å². The van der Waals surface area contributed by atoms with Crippen LogP contribution in [0.4, 0.5) is 4.79 Å². The molecule has 1 aromatic rings. The first-order valence-electron chi connectivity index (χ1n) is 5.47. The highest BCUT2D eigenvalue weighted by Gasteiger charge is 2.24. The van der Waals surface area contributed by atoms with E-state index in [0.717, 1.165) is 6.20 Å². The van der Waals surface area contributed by atoms with E-state index in [0.29, 0.717) is 0 Å². The molecule has 20 heavy (non-hydrogen) atoms. The van der Waals surface area contributed by atoms with Crippen molar-refractivity contribution >= 4 is 22.0 Å². The van der Waals surface area contributed by atoms with Crippen molar-refractivity contribution in [3.63, 3.8) is 0 Å². The van der Waals surface area contributed by atoms with Crippen LogP contribution in [0.25, 0.3) is 0 Å². The van der Waals surface area contributed by atoms with Crippen LogP contribution in [0.5, 0.6) is 0 Å². The van der Waals surface area contributed by atoms with Gasteiger partial charge in [-0.3, -0.25) is 5.10 Å². The first-order chi connectivity index (χ1) is 9.25. The lowest BCUT2D eigenvalue weighted by Crippen LogP contribution is -2.39. The number of hydrogen-bond donors (Lipinski definition) is 4. The molecule has 0 fully saturated rings. The summed E-state index contributed by atoms with van der Waals surface area (Å²) in [4.78, 5) is 23.3. The molecule has 0 unspecified atom stereocenters. The predicted molar refractivity (Wildman–Crippen MR) is 67.8 cm³/mol. The van der Waals surface area contributed by atoms with E-state index >= 15 is 0 Å². The fraction of sp³-hybridized carbons (Fsp3) is 0.444. The smallest absolute Gasteiger partial charge is 0.340 e. The number of aromatic nitrogens is 2. The van der Waals surface area contributed by atoms with Gasteiger partial charge in [0.25, 0.3) is 10.0 Å². The molecule has 0 bridgehead atoms. The molecule has 0 aromatic carbocycles. The minimum Gasteiger partial charge on any atom is -0.478 e. The van der Waals surface area contributed by atoms with Crippen molar-refractivity contribution < 1.29 is 23.1 Å². The highest BCUT2D eigenvalue weighted by Crippen LogP contribution is 2.10. The maximum atomic E-state index is 11.8. The van der Waals surface area contributed by atoms with Gasteiger partial charge in [-0.1, -0.05) is 0 Å². The molecule has 0 aliphatic heterocycles. The monoisotopic (exact) mass is 305 g/mol. The Morgan fingerprint density at radius 1 is 1.40 bits per heavy atom. The van der Waals surface area contributed by atoms with Gasteiger partial charge in [0.15, 0.2) is 5.03 Å². The molecule has 0 saturated heterocycles. The Balaban J connectivity index is 2.61. The Morgan fingerprint density at radius 3 is 2.60 bits per heavy atom. The molecular formula is C9H15N5O5S. The Morgan fingerprint density at radius 2 is 2.05 bits per heavy atom. The number of H-pyrrole nitrogens is 1. The van der Waals surface area contributed by atoms with Crippen molar-refractivity contribution in [2.75, 3.05) is 27.2 Å². The first-order valence-corrected chi connectivity index (χ1v) is 6.95. The number of carbonyl (C=O) groups excluding carboxylic acids is 1. The van der Waals surface area contributed by atoms with Crippen LogP contribution in [0.2, 0.25) is 0 Å². The first kappa shape index (κ1) is 15.9. The van der Waals surface area contributed by atoms with Crippen molar-refractivity contribution in [1.82, 2.24) is 25.1 Å². The Labute approximate surface area is 115 Å². The molecule has 1 heterocycles. The van der Waals surface area contributed by atoms with Gasteiger partial charge in [0, 0.05) is 27.2 Å². The zero-order chi connectivity index (χ0) is 15.3. The van der Waals surface area contributed by atoms with Gasteiger partial charge in [-0.2, -0.15) is 5.10 Å². The number of carboxylic acids is 1. The summed E-state index contributed by atoms with van der Waals surface area (Å²) in [7, 11) is -0.935. The van der Waals surface area contributed by atoms with Crippen LogP contribution < -0.4 is 10.0 Å². The highest BCUT2D eigenvalue weighted by atomic mass is 32.2. The van der Waals surface area contributed by atoms with Crippen LogP contribution in [0.3, 0.4) is 0 Å². The number of carbonyl (C=O) groups is 2. The maximum Gasteiger partial charge on any atom is 0.340 e. The summed E-state index contributed by atoms with van der Waals surface area (Å²) in [6, 6.07) is -0.364. The summed E-state index contributed by atoms with van der Waals surface area (Å²) in [5.41, 5.74) is -0.449. The Kier molecular flexibility index (Phi) is 5.05. The van der Waals surface area contributed by atoms with E-state index < -0.39 is 26.6 Å². The molecule has 1 aromatic heterocycles. The number of sulfonamides is 1. The van der Waals surface area contributed by atoms with Crippen molar-refractivity contribution in [1.29, 1.82) is 0 Å². The Bertz CT molecular complexity index is 594. The Hall–Kier alpha value is -2.14. The largest absolute Gasteiger partial charge is 0.478 e. The normalized spacial score (nSPS) is 11.1. The van der Waals surface area contributed by atoms with Crippen LogP contribution in [0, 0.1) is 0 Å². The van der Waals surface area contributed by atoms with Gasteiger partial charge in [-0.25, -0.2) is 22.7 Å².